The van der Waals surface area contributed by atoms with Gasteiger partial charge >= 0.3 is 0 Å². The summed E-state index contributed by atoms with van der Waals surface area (Å²) in [5.74, 6) is 2.61. The van der Waals surface area contributed by atoms with Crippen LogP contribution < -0.4 is 5.73 Å². The van der Waals surface area contributed by atoms with Gasteiger partial charge in [-0.2, -0.15) is 5.10 Å². The lowest BCUT2D eigenvalue weighted by Gasteiger charge is -2.12. The third-order valence-corrected chi connectivity index (χ3v) is 2.35. The molecular formula is C10H20N4. The van der Waals surface area contributed by atoms with Crippen LogP contribution >= 0.6 is 0 Å². The zero-order valence-electron chi connectivity index (χ0n) is 9.41. The average Bonchev–Trinajstić information content (AvgIpc) is 2.52. The Morgan fingerprint density at radius 2 is 1.93 bits per heavy atom. The van der Waals surface area contributed by atoms with Crippen molar-refractivity contribution in [2.24, 2.45) is 11.7 Å². The number of nitrogens with two attached hydrogens (primary N) is 1. The topological polar surface area (TPSA) is 67.6 Å². The molecule has 4 heteroatoms. The summed E-state index contributed by atoms with van der Waals surface area (Å²) in [6.45, 7) is 8.39. The second-order valence-corrected chi connectivity index (χ2v) is 4.41. The molecule has 0 saturated carbocycles. The molecule has 4 nitrogen and oxygen atoms in total. The lowest BCUT2D eigenvalue weighted by atomic mass is 10.0. The number of nitrogens with zero attached hydrogens (tertiary/aromatic N) is 2. The smallest absolute Gasteiger partial charge is 0.153 e. The van der Waals surface area contributed by atoms with E-state index in [1.54, 1.807) is 0 Å². The third kappa shape index (κ3) is 2.80. The molecule has 0 aliphatic heterocycles. The Kier molecular flexibility index (Phi) is 3.63. The molecule has 1 rings (SSSR count). The zero-order valence-corrected chi connectivity index (χ0v) is 9.41. The SMILES string of the molecule is CC(C)c1n[nH]c(CC(N)C(C)C)n1. The summed E-state index contributed by atoms with van der Waals surface area (Å²) in [6.07, 6.45) is 0.775. The molecule has 0 aliphatic rings. The summed E-state index contributed by atoms with van der Waals surface area (Å²) >= 11 is 0. The highest BCUT2D eigenvalue weighted by Crippen LogP contribution is 2.09. The molecule has 0 aliphatic carbocycles. The van der Waals surface area contributed by atoms with Crippen LogP contribution in [0.5, 0.6) is 0 Å². The fourth-order valence-electron chi connectivity index (χ4n) is 1.12. The van der Waals surface area contributed by atoms with E-state index in [0.717, 1.165) is 18.1 Å². The van der Waals surface area contributed by atoms with Crippen LogP contribution in [0.4, 0.5) is 0 Å². The molecule has 1 aromatic rings. The Morgan fingerprint density at radius 1 is 1.29 bits per heavy atom. The minimum atomic E-state index is 0.156. The predicted molar refractivity (Wildman–Crippen MR) is 57.0 cm³/mol. The van der Waals surface area contributed by atoms with Crippen LogP contribution in [-0.2, 0) is 6.42 Å². The van der Waals surface area contributed by atoms with Gasteiger partial charge in [-0.15, -0.1) is 0 Å². The normalized spacial score (nSPS) is 13.9. The Morgan fingerprint density at radius 3 is 2.36 bits per heavy atom. The fourth-order valence-corrected chi connectivity index (χ4v) is 1.12. The van der Waals surface area contributed by atoms with E-state index in [-0.39, 0.29) is 6.04 Å². The molecule has 3 N–H and O–H groups in total. The van der Waals surface area contributed by atoms with Gasteiger partial charge < -0.3 is 5.73 Å². The highest BCUT2D eigenvalue weighted by atomic mass is 15.2. The van der Waals surface area contributed by atoms with E-state index in [4.69, 9.17) is 5.73 Å². The van der Waals surface area contributed by atoms with Gasteiger partial charge in [-0.25, -0.2) is 4.98 Å². The minimum Gasteiger partial charge on any atom is -0.327 e. The lowest BCUT2D eigenvalue weighted by Crippen LogP contribution is -2.29. The molecule has 1 atom stereocenters. The summed E-state index contributed by atoms with van der Waals surface area (Å²) in [5.41, 5.74) is 5.95. The molecule has 14 heavy (non-hydrogen) atoms. The number of hydrogen-bond acceptors (Lipinski definition) is 3. The Bertz CT molecular complexity index is 277. The van der Waals surface area contributed by atoms with Crippen LogP contribution in [0.2, 0.25) is 0 Å². The zero-order chi connectivity index (χ0) is 10.7. The first-order valence-corrected chi connectivity index (χ1v) is 5.17. The van der Waals surface area contributed by atoms with Crippen molar-refractivity contribution in [1.82, 2.24) is 15.2 Å². The Hall–Kier alpha value is -0.900. The van der Waals surface area contributed by atoms with Gasteiger partial charge in [0.15, 0.2) is 5.82 Å². The third-order valence-electron chi connectivity index (χ3n) is 2.35. The largest absolute Gasteiger partial charge is 0.327 e. The summed E-state index contributed by atoms with van der Waals surface area (Å²) in [7, 11) is 0. The standard InChI is InChI=1S/C10H20N4/c1-6(2)8(11)5-9-12-10(7(3)4)14-13-9/h6-8H,5,11H2,1-4H3,(H,12,13,14). The number of aromatic amines is 1. The lowest BCUT2D eigenvalue weighted by molar-refractivity contribution is 0.482. The van der Waals surface area contributed by atoms with Crippen molar-refractivity contribution in [2.45, 2.75) is 46.1 Å². The average molecular weight is 196 g/mol. The van der Waals surface area contributed by atoms with Crippen LogP contribution in [0.3, 0.4) is 0 Å². The van der Waals surface area contributed by atoms with Crippen molar-refractivity contribution in [3.8, 4) is 0 Å². The van der Waals surface area contributed by atoms with E-state index in [9.17, 15) is 0 Å². The maximum Gasteiger partial charge on any atom is 0.153 e. The van der Waals surface area contributed by atoms with Crippen molar-refractivity contribution >= 4 is 0 Å². The van der Waals surface area contributed by atoms with Gasteiger partial charge in [0.1, 0.15) is 5.82 Å². The number of hydrogen-bond donors (Lipinski definition) is 2. The van der Waals surface area contributed by atoms with Gasteiger partial charge in [0.25, 0.3) is 0 Å². The second kappa shape index (κ2) is 4.55. The Balaban J connectivity index is 2.60. The van der Waals surface area contributed by atoms with Gasteiger partial charge in [0.2, 0.25) is 0 Å². The maximum atomic E-state index is 5.95. The molecular weight excluding hydrogens is 176 g/mol. The molecule has 0 radical (unpaired) electrons. The molecule has 0 spiro atoms. The number of H-pyrrole nitrogens is 1. The Labute approximate surface area is 85.3 Å². The summed E-state index contributed by atoms with van der Waals surface area (Å²) in [5, 5.41) is 7.07. The molecule has 1 aromatic heterocycles. The van der Waals surface area contributed by atoms with Crippen molar-refractivity contribution in [1.29, 1.82) is 0 Å². The molecule has 80 valence electrons. The molecule has 0 aromatic carbocycles. The van der Waals surface area contributed by atoms with Crippen LogP contribution in [0.25, 0.3) is 0 Å². The van der Waals surface area contributed by atoms with Crippen molar-refractivity contribution in [3.05, 3.63) is 11.6 Å². The van der Waals surface area contributed by atoms with Gasteiger partial charge in [-0.3, -0.25) is 5.10 Å². The van der Waals surface area contributed by atoms with E-state index in [2.05, 4.69) is 42.9 Å². The predicted octanol–water partition coefficient (Wildman–Crippen LogP) is 1.45. The summed E-state index contributed by atoms with van der Waals surface area (Å²) < 4.78 is 0. The van der Waals surface area contributed by atoms with Crippen LogP contribution in [0.1, 0.15) is 45.3 Å². The van der Waals surface area contributed by atoms with Gasteiger partial charge in [-0.1, -0.05) is 27.7 Å². The first-order chi connectivity index (χ1) is 6.50. The van der Waals surface area contributed by atoms with Crippen molar-refractivity contribution < 1.29 is 0 Å². The first-order valence-electron chi connectivity index (χ1n) is 5.17. The molecule has 0 amide bonds. The molecule has 0 fully saturated rings. The number of rotatable bonds is 4. The van der Waals surface area contributed by atoms with E-state index >= 15 is 0 Å². The van der Waals surface area contributed by atoms with E-state index < -0.39 is 0 Å². The molecule has 0 bridgehead atoms. The van der Waals surface area contributed by atoms with Gasteiger partial charge in [0.05, 0.1) is 0 Å². The van der Waals surface area contributed by atoms with Crippen molar-refractivity contribution in [2.75, 3.05) is 0 Å². The molecule has 0 saturated heterocycles. The molecule has 1 heterocycles. The second-order valence-electron chi connectivity index (χ2n) is 4.41. The number of aromatic nitrogens is 3. The van der Waals surface area contributed by atoms with Crippen LogP contribution in [0.15, 0.2) is 0 Å². The van der Waals surface area contributed by atoms with E-state index in [0.29, 0.717) is 11.8 Å². The highest BCUT2D eigenvalue weighted by Gasteiger charge is 2.12. The first kappa shape index (κ1) is 11.2. The fraction of sp³-hybridized carbons (Fsp3) is 0.800. The number of nitrogens with one attached hydrogen (secondary N) is 1. The van der Waals surface area contributed by atoms with Gasteiger partial charge in [0, 0.05) is 18.4 Å². The minimum absolute atomic E-state index is 0.156. The van der Waals surface area contributed by atoms with Gasteiger partial charge in [-0.05, 0) is 5.92 Å². The van der Waals surface area contributed by atoms with Crippen LogP contribution in [-0.4, -0.2) is 21.2 Å². The van der Waals surface area contributed by atoms with Crippen LogP contribution in [0, 0.1) is 5.92 Å². The van der Waals surface area contributed by atoms with E-state index in [1.165, 1.54) is 0 Å². The monoisotopic (exact) mass is 196 g/mol. The van der Waals surface area contributed by atoms with Crippen molar-refractivity contribution in [3.63, 3.8) is 0 Å². The molecule has 1 unspecified atom stereocenters. The van der Waals surface area contributed by atoms with E-state index in [1.807, 2.05) is 0 Å². The highest BCUT2D eigenvalue weighted by molar-refractivity contribution is 4.96. The summed E-state index contributed by atoms with van der Waals surface area (Å²) in [4.78, 5) is 4.39. The summed E-state index contributed by atoms with van der Waals surface area (Å²) in [6, 6.07) is 0.156. The maximum absolute atomic E-state index is 5.95. The quantitative estimate of drug-likeness (QED) is 0.766.